The minimum Gasteiger partial charge on any atom is -0.504 e. The van der Waals surface area contributed by atoms with E-state index in [1.165, 1.54) is 19.2 Å². The number of carbonyl (C=O) groups is 1. The summed E-state index contributed by atoms with van der Waals surface area (Å²) in [5.74, 6) is -0.131. The first-order valence-corrected chi connectivity index (χ1v) is 15.6. The maximum Gasteiger partial charge on any atom is 0.335 e. The number of hydrogen-bond donors (Lipinski definition) is 3. The van der Waals surface area contributed by atoms with Crippen LogP contribution >= 0.6 is 11.6 Å². The number of methoxy groups -OCH3 is 1. The number of aromatic nitrogens is 3. The summed E-state index contributed by atoms with van der Waals surface area (Å²) in [5.41, 5.74) is 2.48. The van der Waals surface area contributed by atoms with Crippen molar-refractivity contribution in [2.45, 2.75) is 52.2 Å². The molecule has 2 aromatic carbocycles. The SMILES string of the molecule is CCC1CN(c2cccc(O)c2O)CCN1Cc1nc2c(OC)cc(C(=O)O)cc2n1CC1(C#N)CC1.C[CH-]c1ccc(Cl)cn1.[Cm]. The van der Waals surface area contributed by atoms with Crippen molar-refractivity contribution in [3.63, 3.8) is 0 Å². The third-order valence-electron chi connectivity index (χ3n) is 8.72. The molecule has 47 heavy (non-hydrogen) atoms. The number of halogens is 1. The summed E-state index contributed by atoms with van der Waals surface area (Å²) in [6.07, 6.45) is 6.04. The number of aromatic carboxylic acids is 1. The summed E-state index contributed by atoms with van der Waals surface area (Å²) in [4.78, 5) is 25.1. The molecule has 1 atom stereocenters. The number of anilines is 1. The molecule has 4 aromatic rings. The minimum absolute atomic E-state index is 0. The maximum atomic E-state index is 11.8. The summed E-state index contributed by atoms with van der Waals surface area (Å²) in [6.45, 7) is 7.07. The van der Waals surface area contributed by atoms with Crippen LogP contribution in [0.25, 0.3) is 11.0 Å². The second-order valence-corrected chi connectivity index (χ2v) is 12.1. The van der Waals surface area contributed by atoms with E-state index in [4.69, 9.17) is 21.3 Å². The van der Waals surface area contributed by atoms with Crippen molar-refractivity contribution in [2.24, 2.45) is 5.41 Å². The topological polar surface area (TPSA) is 148 Å². The van der Waals surface area contributed by atoms with Gasteiger partial charge >= 0.3 is 5.97 Å². The van der Waals surface area contributed by atoms with Gasteiger partial charge in [-0.1, -0.05) is 30.3 Å². The van der Waals surface area contributed by atoms with Gasteiger partial charge in [-0.3, -0.25) is 9.88 Å². The predicted octanol–water partition coefficient (Wildman–Crippen LogP) is 5.87. The molecule has 0 amide bonds. The number of carboxylic acids is 1. The Kier molecular flexibility index (Phi) is 10.3. The molecule has 1 unspecified atom stereocenters. The van der Waals surface area contributed by atoms with Crippen LogP contribution in [0.3, 0.4) is 0 Å². The number of carboxylic acid groups (broad SMARTS) is 1. The largest absolute Gasteiger partial charge is 0.504 e. The van der Waals surface area contributed by atoms with Crippen molar-refractivity contribution in [1.82, 2.24) is 19.4 Å². The number of para-hydroxylation sites is 1. The summed E-state index contributed by atoms with van der Waals surface area (Å²) in [7, 11) is 1.50. The molecule has 2 aliphatic rings. The third-order valence-corrected chi connectivity index (χ3v) is 8.94. The summed E-state index contributed by atoms with van der Waals surface area (Å²) >= 11 is 5.59. The molecule has 2 fully saturated rings. The van der Waals surface area contributed by atoms with E-state index in [1.54, 1.807) is 24.4 Å². The molecule has 1 aliphatic carbocycles. The summed E-state index contributed by atoms with van der Waals surface area (Å²) < 4.78 is 7.51. The van der Waals surface area contributed by atoms with Gasteiger partial charge in [-0.2, -0.15) is 11.3 Å². The zero-order chi connectivity index (χ0) is 33.0. The number of piperazine rings is 1. The fourth-order valence-electron chi connectivity index (χ4n) is 5.80. The van der Waals surface area contributed by atoms with Crippen LogP contribution in [0.1, 0.15) is 55.0 Å². The number of hydrogen-bond acceptors (Lipinski definition) is 9. The molecular weight excluding hydrogens is 855 g/mol. The second kappa shape index (κ2) is 14.2. The molecule has 0 bridgehead atoms. The molecular formula is C34H38ClCmN6O5-. The van der Waals surface area contributed by atoms with Gasteiger partial charge in [0.1, 0.15) is 17.1 Å². The number of phenolic OH excluding ortho intramolecular Hbond substituents is 2. The first-order chi connectivity index (χ1) is 22.1. The van der Waals surface area contributed by atoms with Crippen molar-refractivity contribution >= 4 is 34.3 Å². The Bertz CT molecular complexity index is 1750. The van der Waals surface area contributed by atoms with E-state index in [0.29, 0.717) is 60.2 Å². The normalized spacial score (nSPS) is 16.7. The van der Waals surface area contributed by atoms with Crippen LogP contribution in [-0.4, -0.2) is 73.5 Å². The van der Waals surface area contributed by atoms with Crippen molar-refractivity contribution in [3.05, 3.63) is 77.2 Å². The van der Waals surface area contributed by atoms with Crippen LogP contribution in [-0.2, 0) is 13.1 Å². The molecule has 250 valence electrons. The van der Waals surface area contributed by atoms with Gasteiger partial charge in [0.05, 0.1) is 41.9 Å². The van der Waals surface area contributed by atoms with Crippen LogP contribution in [0.5, 0.6) is 17.2 Å². The van der Waals surface area contributed by atoms with Gasteiger partial charge < -0.3 is 29.5 Å². The van der Waals surface area contributed by atoms with Crippen LogP contribution in [0.2, 0.25) is 5.02 Å². The van der Waals surface area contributed by atoms with Crippen LogP contribution in [0.4, 0.5) is 5.69 Å². The fourth-order valence-corrected chi connectivity index (χ4v) is 5.91. The number of phenols is 2. The number of nitrogens with zero attached hydrogens (tertiary/aromatic N) is 6. The Labute approximate surface area is 273 Å². The van der Waals surface area contributed by atoms with Crippen LogP contribution in [0, 0.1) is 23.2 Å². The molecule has 11 nitrogen and oxygen atoms in total. The van der Waals surface area contributed by atoms with Crippen LogP contribution in [0.15, 0.2) is 48.7 Å². The molecule has 1 saturated carbocycles. The van der Waals surface area contributed by atoms with Crippen molar-refractivity contribution in [1.29, 1.82) is 5.26 Å². The quantitative estimate of drug-likeness (QED) is 0.138. The molecule has 13 heteroatoms. The van der Waals surface area contributed by atoms with E-state index >= 15 is 0 Å². The molecule has 1 saturated heterocycles. The molecule has 0 radical (unpaired) electrons. The fraction of sp³-hybridized carbons (Fsp3) is 0.382. The van der Waals surface area contributed by atoms with E-state index in [2.05, 4.69) is 27.8 Å². The predicted molar refractivity (Wildman–Crippen MR) is 175 cm³/mol. The van der Waals surface area contributed by atoms with E-state index in [1.807, 2.05) is 30.0 Å². The van der Waals surface area contributed by atoms with Crippen LogP contribution < -0.4 is 9.64 Å². The Hall–Kier alpha value is -5.66. The standard InChI is InChI=1S/C27H31N5O5.C7H7ClN.Cm/c1-3-18-13-31(19-5-4-6-21(33)25(19)34)10-9-30(18)14-23-29-24-20(32(23)16-27(15-28)7-8-27)11-17(26(35)36)12-22(24)37-2;1-2-7-4-3-6(8)5-9-7;/h4-6,11-12,18,33-34H,3,7-10,13-14,16H2,1-2H3,(H,35,36);2-5H,1H3;/q;-1;. The second-order valence-electron chi connectivity index (χ2n) is 11.7. The Morgan fingerprint density at radius 3 is 2.57 bits per heavy atom. The first-order valence-electron chi connectivity index (χ1n) is 15.2. The zero-order valence-electron chi connectivity index (χ0n) is 26.5. The van der Waals surface area contributed by atoms with Gasteiger partial charge in [-0.15, -0.1) is 13.0 Å². The molecule has 3 heterocycles. The monoisotopic (exact) mass is 888 g/mol. The van der Waals surface area contributed by atoms with Gasteiger partial charge in [-0.25, -0.2) is 16.2 Å². The third kappa shape index (κ3) is 7.27. The van der Waals surface area contributed by atoms with Gasteiger partial charge in [-0.05, 0) is 43.5 Å². The maximum absolute atomic E-state index is 11.8. The average molecular weight is 893 g/mol. The van der Waals surface area contributed by atoms with Crippen molar-refractivity contribution in [2.75, 3.05) is 31.6 Å². The smallest absolute Gasteiger partial charge is 0.335 e. The average Bonchev–Trinajstić information content (AvgIpc) is 3.77. The van der Waals surface area contributed by atoms with E-state index in [9.17, 15) is 25.4 Å². The first kappa shape index (κ1) is 34.2. The number of nitriles is 1. The minimum atomic E-state index is -1.05. The number of ether oxygens (including phenoxy) is 1. The Morgan fingerprint density at radius 1 is 1.21 bits per heavy atom. The summed E-state index contributed by atoms with van der Waals surface area (Å²) in [6, 6.07) is 14.4. The van der Waals surface area contributed by atoms with Gasteiger partial charge in [0.2, 0.25) is 0 Å². The summed E-state index contributed by atoms with van der Waals surface area (Å²) in [5, 5.41) is 40.4. The van der Waals surface area contributed by atoms with E-state index in [-0.39, 0.29) is 23.1 Å². The zero-order valence-corrected chi connectivity index (χ0v) is 30.2. The number of fused-ring (bicyclic) bond motifs is 1. The van der Waals surface area contributed by atoms with E-state index in [0.717, 1.165) is 30.8 Å². The van der Waals surface area contributed by atoms with Gasteiger partial charge in [0.25, 0.3) is 0 Å². The van der Waals surface area contributed by atoms with E-state index < -0.39 is 11.4 Å². The number of pyridine rings is 1. The Morgan fingerprint density at radius 2 is 1.98 bits per heavy atom. The molecule has 6 rings (SSSR count). The number of rotatable bonds is 9. The molecule has 3 N–H and O–H groups in total. The number of benzene rings is 2. The molecule has 1 aliphatic heterocycles. The Balaban J connectivity index is 0.000000434. The molecule has 0 spiro atoms. The van der Waals surface area contributed by atoms with Gasteiger partial charge in [0.15, 0.2) is 11.5 Å². The van der Waals surface area contributed by atoms with Gasteiger partial charge in [0, 0.05) is 43.4 Å². The molecule has 2 aromatic heterocycles. The number of aromatic hydroxyl groups is 2. The van der Waals surface area contributed by atoms with Crippen molar-refractivity contribution in [3.8, 4) is 23.3 Å². The number of imidazole rings is 1. The van der Waals surface area contributed by atoms with Crippen molar-refractivity contribution < 1.29 is 24.9 Å².